The molecule has 0 aromatic carbocycles. The number of rotatable bonds is 7. The first-order valence-corrected chi connectivity index (χ1v) is 7.85. The molecule has 3 N–H and O–H groups in total. The van der Waals surface area contributed by atoms with Gasteiger partial charge in [0.2, 0.25) is 5.91 Å². The van der Waals surface area contributed by atoms with Crippen LogP contribution in [0.2, 0.25) is 0 Å². The molecule has 1 fully saturated rings. The maximum absolute atomic E-state index is 12.0. The van der Waals surface area contributed by atoms with E-state index in [4.69, 9.17) is 5.73 Å². The normalized spacial score (nSPS) is 25.3. The number of carbonyl (C=O) groups is 1. The highest BCUT2D eigenvalue weighted by Gasteiger charge is 2.29. The van der Waals surface area contributed by atoms with Crippen molar-refractivity contribution in [2.45, 2.75) is 65.0 Å². The van der Waals surface area contributed by atoms with Gasteiger partial charge in [-0.1, -0.05) is 26.7 Å². The number of likely N-dealkylation sites (N-methyl/N-ethyl adjacent to an activating group) is 1. The minimum atomic E-state index is 0.151. The molecule has 1 rings (SSSR count). The minimum absolute atomic E-state index is 0.151. The highest BCUT2D eigenvalue weighted by atomic mass is 16.2. The molecule has 19 heavy (non-hydrogen) atoms. The molecule has 0 aromatic heterocycles. The lowest BCUT2D eigenvalue weighted by molar-refractivity contribution is -0.123. The van der Waals surface area contributed by atoms with Crippen molar-refractivity contribution < 1.29 is 4.79 Å². The molecule has 3 unspecified atom stereocenters. The lowest BCUT2D eigenvalue weighted by atomic mass is 9.83. The van der Waals surface area contributed by atoms with Gasteiger partial charge in [-0.15, -0.1) is 0 Å². The van der Waals surface area contributed by atoms with E-state index >= 15 is 0 Å². The van der Waals surface area contributed by atoms with Crippen LogP contribution >= 0.6 is 0 Å². The van der Waals surface area contributed by atoms with Crippen molar-refractivity contribution in [1.29, 1.82) is 0 Å². The molecule has 1 amide bonds. The number of carbonyl (C=O) groups excluding carboxylic acids is 1. The van der Waals surface area contributed by atoms with Crippen LogP contribution in [0.15, 0.2) is 0 Å². The van der Waals surface area contributed by atoms with Gasteiger partial charge in [0.15, 0.2) is 0 Å². The predicted octanol–water partition coefficient (Wildman–Crippen LogP) is 1.74. The quantitative estimate of drug-likeness (QED) is 0.740. The van der Waals surface area contributed by atoms with E-state index in [2.05, 4.69) is 31.0 Å². The van der Waals surface area contributed by atoms with E-state index in [9.17, 15) is 4.79 Å². The molecule has 4 heteroatoms. The van der Waals surface area contributed by atoms with E-state index in [1.165, 1.54) is 25.7 Å². The molecule has 4 nitrogen and oxygen atoms in total. The molecule has 0 aromatic rings. The number of nitrogens with two attached hydrogens (primary N) is 1. The molecule has 0 saturated heterocycles. The Morgan fingerprint density at radius 2 is 2.05 bits per heavy atom. The minimum Gasteiger partial charge on any atom is -0.353 e. The molecule has 1 aliphatic rings. The van der Waals surface area contributed by atoms with Gasteiger partial charge in [0.25, 0.3) is 0 Å². The monoisotopic (exact) mass is 269 g/mol. The summed E-state index contributed by atoms with van der Waals surface area (Å²) in [7, 11) is 0. The average molecular weight is 269 g/mol. The molecular formula is C15H31N3O. The van der Waals surface area contributed by atoms with Crippen LogP contribution in [0.3, 0.4) is 0 Å². The van der Waals surface area contributed by atoms with Crippen LogP contribution in [0, 0.1) is 5.92 Å². The van der Waals surface area contributed by atoms with Gasteiger partial charge >= 0.3 is 0 Å². The Morgan fingerprint density at radius 3 is 2.63 bits per heavy atom. The summed E-state index contributed by atoms with van der Waals surface area (Å²) in [5.41, 5.74) is 5.89. The Morgan fingerprint density at radius 1 is 1.37 bits per heavy atom. The second kappa shape index (κ2) is 8.54. The molecule has 1 aliphatic carbocycles. The smallest absolute Gasteiger partial charge is 0.234 e. The first-order chi connectivity index (χ1) is 9.12. The number of hydrogen-bond donors (Lipinski definition) is 2. The maximum atomic E-state index is 12.0. The van der Waals surface area contributed by atoms with Crippen LogP contribution in [0.5, 0.6) is 0 Å². The summed E-state index contributed by atoms with van der Waals surface area (Å²) in [6, 6.07) is 0.759. The molecule has 0 heterocycles. The van der Waals surface area contributed by atoms with Crippen LogP contribution in [0.1, 0.15) is 52.9 Å². The van der Waals surface area contributed by atoms with Crippen molar-refractivity contribution in [3.63, 3.8) is 0 Å². The van der Waals surface area contributed by atoms with E-state index in [0.29, 0.717) is 18.5 Å². The zero-order chi connectivity index (χ0) is 14.3. The highest BCUT2D eigenvalue weighted by molar-refractivity contribution is 5.78. The van der Waals surface area contributed by atoms with Gasteiger partial charge in [-0.05, 0) is 45.2 Å². The van der Waals surface area contributed by atoms with E-state index in [1.807, 2.05) is 0 Å². The molecule has 1 saturated carbocycles. The second-order valence-electron chi connectivity index (χ2n) is 5.79. The average Bonchev–Trinajstić information content (AvgIpc) is 2.44. The number of amides is 1. The summed E-state index contributed by atoms with van der Waals surface area (Å²) < 4.78 is 0. The third kappa shape index (κ3) is 5.11. The van der Waals surface area contributed by atoms with Gasteiger partial charge in [-0.3, -0.25) is 9.69 Å². The summed E-state index contributed by atoms with van der Waals surface area (Å²) >= 11 is 0. The summed E-state index contributed by atoms with van der Waals surface area (Å²) in [6.45, 7) is 8.47. The van der Waals surface area contributed by atoms with Gasteiger partial charge in [0.05, 0.1) is 6.54 Å². The first-order valence-electron chi connectivity index (χ1n) is 7.85. The van der Waals surface area contributed by atoms with Crippen LogP contribution < -0.4 is 11.1 Å². The maximum Gasteiger partial charge on any atom is 0.234 e. The largest absolute Gasteiger partial charge is 0.353 e. The third-order valence-electron chi connectivity index (χ3n) is 4.41. The molecule has 0 bridgehead atoms. The first kappa shape index (κ1) is 16.4. The van der Waals surface area contributed by atoms with Crippen LogP contribution in [0.25, 0.3) is 0 Å². The van der Waals surface area contributed by atoms with Gasteiger partial charge in [0.1, 0.15) is 0 Å². The zero-order valence-corrected chi connectivity index (χ0v) is 12.8. The van der Waals surface area contributed by atoms with Crippen LogP contribution in [0.4, 0.5) is 0 Å². The van der Waals surface area contributed by atoms with Crippen molar-refractivity contribution in [2.24, 2.45) is 11.7 Å². The van der Waals surface area contributed by atoms with E-state index in [0.717, 1.165) is 19.5 Å². The summed E-state index contributed by atoms with van der Waals surface area (Å²) in [5, 5.41) is 3.05. The summed E-state index contributed by atoms with van der Waals surface area (Å²) in [6.07, 6.45) is 5.93. The van der Waals surface area contributed by atoms with Gasteiger partial charge in [-0.25, -0.2) is 0 Å². The summed E-state index contributed by atoms with van der Waals surface area (Å²) in [5.74, 6) is 0.711. The Kier molecular flexibility index (Phi) is 7.39. The standard InChI is InChI=1S/C15H31N3O/c1-4-12(3)17-15(19)11-18(5-2)14-9-7-6-8-13(14)10-16/h12-14H,4-11,16H2,1-3H3,(H,17,19). The zero-order valence-electron chi connectivity index (χ0n) is 12.8. The van der Waals surface area contributed by atoms with E-state index in [1.54, 1.807) is 0 Å². The Balaban J connectivity index is 2.53. The van der Waals surface area contributed by atoms with Crippen molar-refractivity contribution in [1.82, 2.24) is 10.2 Å². The Hall–Kier alpha value is -0.610. The van der Waals surface area contributed by atoms with Gasteiger partial charge < -0.3 is 11.1 Å². The topological polar surface area (TPSA) is 58.4 Å². The third-order valence-corrected chi connectivity index (χ3v) is 4.41. The lowest BCUT2D eigenvalue weighted by Crippen LogP contribution is -2.49. The molecule has 0 aliphatic heterocycles. The number of nitrogens with one attached hydrogen (secondary N) is 1. The highest BCUT2D eigenvalue weighted by Crippen LogP contribution is 2.27. The molecular weight excluding hydrogens is 238 g/mol. The summed E-state index contributed by atoms with van der Waals surface area (Å²) in [4.78, 5) is 14.3. The van der Waals surface area contributed by atoms with Crippen molar-refractivity contribution in [2.75, 3.05) is 19.6 Å². The lowest BCUT2D eigenvalue weighted by Gasteiger charge is -2.39. The van der Waals surface area contributed by atoms with Crippen molar-refractivity contribution in [3.8, 4) is 0 Å². The molecule has 0 spiro atoms. The van der Waals surface area contributed by atoms with Gasteiger partial charge in [0, 0.05) is 12.1 Å². The second-order valence-corrected chi connectivity index (χ2v) is 5.79. The Bertz CT molecular complexity index is 270. The fraction of sp³-hybridized carbons (Fsp3) is 0.933. The predicted molar refractivity (Wildman–Crippen MR) is 79.9 cm³/mol. The fourth-order valence-electron chi connectivity index (χ4n) is 3.01. The molecule has 112 valence electrons. The molecule has 3 atom stereocenters. The Labute approximate surface area is 118 Å². The van der Waals surface area contributed by atoms with E-state index < -0.39 is 0 Å². The fourth-order valence-corrected chi connectivity index (χ4v) is 3.01. The van der Waals surface area contributed by atoms with Crippen molar-refractivity contribution in [3.05, 3.63) is 0 Å². The molecule has 0 radical (unpaired) electrons. The van der Waals surface area contributed by atoms with Crippen molar-refractivity contribution >= 4 is 5.91 Å². The van der Waals surface area contributed by atoms with E-state index in [-0.39, 0.29) is 11.9 Å². The van der Waals surface area contributed by atoms with Crippen LogP contribution in [-0.2, 0) is 4.79 Å². The van der Waals surface area contributed by atoms with Crippen LogP contribution in [-0.4, -0.2) is 42.5 Å². The SMILES string of the molecule is CCC(C)NC(=O)CN(CC)C1CCCCC1CN. The number of nitrogens with zero attached hydrogens (tertiary/aromatic N) is 1. The van der Waals surface area contributed by atoms with Gasteiger partial charge in [-0.2, -0.15) is 0 Å². The number of hydrogen-bond acceptors (Lipinski definition) is 3.